The molecule has 1 aromatic carbocycles. The minimum Gasteiger partial charge on any atom is -0.339 e. The summed E-state index contributed by atoms with van der Waals surface area (Å²) in [5, 5.41) is 3.04. The number of fused-ring (bicyclic) bond motifs is 1. The van der Waals surface area contributed by atoms with Crippen molar-refractivity contribution in [3.63, 3.8) is 0 Å². The number of benzene rings is 1. The van der Waals surface area contributed by atoms with Crippen LogP contribution in [0.15, 0.2) is 40.8 Å². The summed E-state index contributed by atoms with van der Waals surface area (Å²) in [4.78, 5) is 46.6. The van der Waals surface area contributed by atoms with Gasteiger partial charge in [-0.05, 0) is 42.5 Å². The Morgan fingerprint density at radius 1 is 1.26 bits per heavy atom. The van der Waals surface area contributed by atoms with E-state index in [-0.39, 0.29) is 30.0 Å². The second-order valence-corrected chi connectivity index (χ2v) is 9.21. The van der Waals surface area contributed by atoms with Crippen LogP contribution in [0.1, 0.15) is 23.2 Å². The highest BCUT2D eigenvalue weighted by Gasteiger charge is 2.29. The fraction of sp³-hybridized carbons (Fsp3) is 0.333. The fourth-order valence-electron chi connectivity index (χ4n) is 3.73. The van der Waals surface area contributed by atoms with Crippen molar-refractivity contribution in [3.8, 4) is 0 Å². The third-order valence-corrected chi connectivity index (χ3v) is 7.11. The molecule has 1 aliphatic heterocycles. The van der Waals surface area contributed by atoms with Gasteiger partial charge in [-0.15, -0.1) is 11.3 Å². The summed E-state index contributed by atoms with van der Waals surface area (Å²) >= 11 is 13.4. The van der Waals surface area contributed by atoms with E-state index < -0.39 is 0 Å². The molecule has 2 aromatic heterocycles. The summed E-state index contributed by atoms with van der Waals surface area (Å²) in [6, 6.07) is 6.39. The molecule has 1 atom stereocenters. The SMILES string of the molecule is CN(C(=O)Cn1cnc2sccc2c1=O)C1CCCN(C(=O)c2ccc(Cl)c(Cl)c2)C1. The molecule has 1 unspecified atom stereocenters. The fourth-order valence-corrected chi connectivity index (χ4v) is 4.76. The van der Waals surface area contributed by atoms with Crippen molar-refractivity contribution in [2.24, 2.45) is 0 Å². The number of carbonyl (C=O) groups is 2. The van der Waals surface area contributed by atoms with E-state index in [1.165, 1.54) is 22.2 Å². The number of likely N-dealkylation sites (N-methyl/N-ethyl adjacent to an activating group) is 1. The van der Waals surface area contributed by atoms with Crippen molar-refractivity contribution in [2.45, 2.75) is 25.4 Å². The van der Waals surface area contributed by atoms with E-state index in [0.29, 0.717) is 38.9 Å². The molecule has 0 radical (unpaired) electrons. The Kier molecular flexibility index (Phi) is 6.31. The first kappa shape index (κ1) is 21.8. The number of rotatable bonds is 4. The molecule has 3 heterocycles. The highest BCUT2D eigenvalue weighted by atomic mass is 35.5. The maximum absolute atomic E-state index is 12.9. The van der Waals surface area contributed by atoms with Crippen LogP contribution in [0.4, 0.5) is 0 Å². The average Bonchev–Trinajstić information content (AvgIpc) is 3.26. The molecule has 2 amide bonds. The van der Waals surface area contributed by atoms with Gasteiger partial charge in [-0.25, -0.2) is 4.98 Å². The van der Waals surface area contributed by atoms with E-state index in [9.17, 15) is 14.4 Å². The zero-order valence-corrected chi connectivity index (χ0v) is 19.1. The molecule has 0 aliphatic carbocycles. The van der Waals surface area contributed by atoms with Crippen LogP contribution in [-0.4, -0.2) is 57.3 Å². The summed E-state index contributed by atoms with van der Waals surface area (Å²) in [6.45, 7) is 0.930. The predicted molar refractivity (Wildman–Crippen MR) is 122 cm³/mol. The van der Waals surface area contributed by atoms with Crippen molar-refractivity contribution < 1.29 is 9.59 Å². The summed E-state index contributed by atoms with van der Waals surface area (Å²) in [5.74, 6) is -0.347. The number of nitrogens with zero attached hydrogens (tertiary/aromatic N) is 4. The van der Waals surface area contributed by atoms with Gasteiger partial charge < -0.3 is 9.80 Å². The highest BCUT2D eigenvalue weighted by Crippen LogP contribution is 2.24. The summed E-state index contributed by atoms with van der Waals surface area (Å²) < 4.78 is 1.33. The lowest BCUT2D eigenvalue weighted by Gasteiger charge is -2.37. The van der Waals surface area contributed by atoms with Gasteiger partial charge in [0.1, 0.15) is 11.4 Å². The molecule has 1 fully saturated rings. The molecular weight excluding hydrogens is 459 g/mol. The van der Waals surface area contributed by atoms with Gasteiger partial charge in [0.05, 0.1) is 21.8 Å². The monoisotopic (exact) mass is 478 g/mol. The summed E-state index contributed by atoms with van der Waals surface area (Å²) in [7, 11) is 1.71. The molecule has 0 spiro atoms. The number of halogens is 2. The Morgan fingerprint density at radius 2 is 2.06 bits per heavy atom. The van der Waals surface area contributed by atoms with E-state index in [2.05, 4.69) is 4.98 Å². The van der Waals surface area contributed by atoms with Crippen LogP contribution in [0.2, 0.25) is 10.0 Å². The summed E-state index contributed by atoms with van der Waals surface area (Å²) in [5.41, 5.74) is 0.235. The largest absolute Gasteiger partial charge is 0.339 e. The lowest BCUT2D eigenvalue weighted by Crippen LogP contribution is -2.51. The molecule has 3 aromatic rings. The first-order chi connectivity index (χ1) is 14.8. The van der Waals surface area contributed by atoms with Crippen molar-refractivity contribution in [1.29, 1.82) is 0 Å². The van der Waals surface area contributed by atoms with Gasteiger partial charge in [0, 0.05) is 31.7 Å². The molecule has 162 valence electrons. The minimum absolute atomic E-state index is 0.0919. The van der Waals surface area contributed by atoms with E-state index in [1.807, 2.05) is 0 Å². The van der Waals surface area contributed by atoms with Crippen LogP contribution in [-0.2, 0) is 11.3 Å². The molecule has 4 rings (SSSR count). The zero-order valence-electron chi connectivity index (χ0n) is 16.8. The maximum Gasteiger partial charge on any atom is 0.262 e. The number of hydrogen-bond acceptors (Lipinski definition) is 5. The Balaban J connectivity index is 1.45. The van der Waals surface area contributed by atoms with Crippen LogP contribution >= 0.6 is 34.5 Å². The standard InChI is InChI=1S/C21H20Cl2N4O3S/c1-25(18(28)11-27-12-24-19-15(21(27)30)6-8-31-19)14-3-2-7-26(10-14)20(29)13-4-5-16(22)17(23)9-13/h4-6,8-9,12,14H,2-3,7,10-11H2,1H3. The van der Waals surface area contributed by atoms with Gasteiger partial charge in [-0.1, -0.05) is 23.2 Å². The molecule has 1 saturated heterocycles. The molecule has 10 heteroatoms. The third kappa shape index (κ3) is 4.46. The number of amides is 2. The summed E-state index contributed by atoms with van der Waals surface area (Å²) in [6.07, 6.45) is 2.97. The normalized spacial score (nSPS) is 16.5. The van der Waals surface area contributed by atoms with Gasteiger partial charge >= 0.3 is 0 Å². The van der Waals surface area contributed by atoms with Crippen LogP contribution in [0, 0.1) is 0 Å². The first-order valence-corrected chi connectivity index (χ1v) is 11.4. The van der Waals surface area contributed by atoms with E-state index in [1.54, 1.807) is 46.5 Å². The number of carbonyl (C=O) groups excluding carboxylic acids is 2. The Bertz CT molecular complexity index is 1210. The maximum atomic E-state index is 12.9. The molecule has 7 nitrogen and oxygen atoms in total. The molecule has 0 N–H and O–H groups in total. The van der Waals surface area contributed by atoms with E-state index in [4.69, 9.17) is 23.2 Å². The number of aromatic nitrogens is 2. The smallest absolute Gasteiger partial charge is 0.262 e. The van der Waals surface area contributed by atoms with Gasteiger partial charge in [0.25, 0.3) is 11.5 Å². The van der Waals surface area contributed by atoms with Crippen molar-refractivity contribution in [1.82, 2.24) is 19.4 Å². The molecule has 0 saturated carbocycles. The van der Waals surface area contributed by atoms with Gasteiger partial charge in [-0.2, -0.15) is 0 Å². The van der Waals surface area contributed by atoms with Crippen LogP contribution in [0.3, 0.4) is 0 Å². The van der Waals surface area contributed by atoms with Gasteiger partial charge in [-0.3, -0.25) is 19.0 Å². The minimum atomic E-state index is -0.229. The van der Waals surface area contributed by atoms with E-state index >= 15 is 0 Å². The van der Waals surface area contributed by atoms with Crippen molar-refractivity contribution in [3.05, 3.63) is 61.9 Å². The van der Waals surface area contributed by atoms with E-state index in [0.717, 1.165) is 12.8 Å². The zero-order chi connectivity index (χ0) is 22.1. The predicted octanol–water partition coefficient (Wildman–Crippen LogP) is 3.53. The number of likely N-dealkylation sites (tertiary alicyclic amines) is 1. The second kappa shape index (κ2) is 8.98. The number of thiophene rings is 1. The van der Waals surface area contributed by atoms with Gasteiger partial charge in [0.15, 0.2) is 0 Å². The average molecular weight is 479 g/mol. The molecule has 1 aliphatic rings. The molecule has 31 heavy (non-hydrogen) atoms. The second-order valence-electron chi connectivity index (χ2n) is 7.50. The van der Waals surface area contributed by atoms with Crippen LogP contribution in [0.5, 0.6) is 0 Å². The van der Waals surface area contributed by atoms with Gasteiger partial charge in [0.2, 0.25) is 5.91 Å². The Hall–Kier alpha value is -2.42. The number of piperidine rings is 1. The van der Waals surface area contributed by atoms with Crippen molar-refractivity contribution >= 4 is 56.6 Å². The Morgan fingerprint density at radius 3 is 2.84 bits per heavy atom. The van der Waals surface area contributed by atoms with Crippen molar-refractivity contribution in [2.75, 3.05) is 20.1 Å². The van der Waals surface area contributed by atoms with Crippen LogP contribution < -0.4 is 5.56 Å². The quantitative estimate of drug-likeness (QED) is 0.574. The first-order valence-electron chi connectivity index (χ1n) is 9.78. The lowest BCUT2D eigenvalue weighted by atomic mass is 10.0. The number of hydrogen-bond donors (Lipinski definition) is 0. The molecular formula is C21H20Cl2N4O3S. The lowest BCUT2D eigenvalue weighted by molar-refractivity contribution is -0.133. The Labute approximate surface area is 192 Å². The molecule has 0 bridgehead atoms. The third-order valence-electron chi connectivity index (χ3n) is 5.55. The van der Waals surface area contributed by atoms with Crippen LogP contribution in [0.25, 0.3) is 10.2 Å². The highest BCUT2D eigenvalue weighted by molar-refractivity contribution is 7.16. The topological polar surface area (TPSA) is 75.5 Å².